The van der Waals surface area contributed by atoms with Crippen LogP contribution >= 0.6 is 27.3 Å². The topological polar surface area (TPSA) is 46.2 Å². The summed E-state index contributed by atoms with van der Waals surface area (Å²) >= 11 is 4.65. The fourth-order valence-corrected chi connectivity index (χ4v) is 6.15. The molecule has 0 spiro atoms. The molecule has 1 aliphatic carbocycles. The lowest BCUT2D eigenvalue weighted by molar-refractivity contribution is 0.212. The third kappa shape index (κ3) is 3.80. The highest BCUT2D eigenvalue weighted by molar-refractivity contribution is 9.11. The Morgan fingerprint density at radius 2 is 2.16 bits per heavy atom. The minimum absolute atomic E-state index is 0.0648. The van der Waals surface area contributed by atoms with Crippen LogP contribution in [0.4, 0.5) is 0 Å². The molecule has 1 saturated carbocycles. The van der Waals surface area contributed by atoms with Gasteiger partial charge in [-0.2, -0.15) is 0 Å². The molecule has 1 atom stereocenters. The number of aryl methyl sites for hydroxylation is 1. The molecule has 0 saturated heterocycles. The van der Waals surface area contributed by atoms with Gasteiger partial charge in [0.05, 0.1) is 3.79 Å². The lowest BCUT2D eigenvalue weighted by Gasteiger charge is -2.35. The molecule has 108 valence electrons. The van der Waals surface area contributed by atoms with E-state index in [4.69, 9.17) is 0 Å². The summed E-state index contributed by atoms with van der Waals surface area (Å²) in [7, 11) is -3.37. The zero-order valence-electron chi connectivity index (χ0n) is 11.5. The van der Waals surface area contributed by atoms with E-state index >= 15 is 0 Å². The zero-order valence-corrected chi connectivity index (χ0v) is 14.7. The van der Waals surface area contributed by atoms with Crippen molar-refractivity contribution in [2.75, 3.05) is 0 Å². The number of hydrogen-bond donors (Lipinski definition) is 1. The van der Waals surface area contributed by atoms with Crippen LogP contribution in [0.1, 0.15) is 45.1 Å². The smallest absolute Gasteiger partial charge is 0.207 e. The predicted molar refractivity (Wildman–Crippen MR) is 83.1 cm³/mol. The predicted octanol–water partition coefficient (Wildman–Crippen LogP) is 4.07. The van der Waals surface area contributed by atoms with Crippen molar-refractivity contribution >= 4 is 37.3 Å². The van der Waals surface area contributed by atoms with Crippen LogP contribution < -0.4 is 4.72 Å². The summed E-state index contributed by atoms with van der Waals surface area (Å²) in [5.74, 6) is 0. The van der Waals surface area contributed by atoms with Gasteiger partial charge in [-0.15, -0.1) is 11.3 Å². The molecule has 0 aliphatic heterocycles. The monoisotopic (exact) mass is 365 g/mol. The summed E-state index contributed by atoms with van der Waals surface area (Å²) in [5, 5.41) is 0. The molecule has 0 aromatic carbocycles. The molecule has 1 aliphatic rings. The number of nitrogens with one attached hydrogen (secondary N) is 1. The first-order valence-electron chi connectivity index (χ1n) is 6.48. The van der Waals surface area contributed by atoms with Gasteiger partial charge in [-0.1, -0.05) is 20.3 Å². The van der Waals surface area contributed by atoms with Crippen molar-refractivity contribution in [1.29, 1.82) is 0 Å². The van der Waals surface area contributed by atoms with Gasteiger partial charge in [0, 0.05) is 6.04 Å². The second kappa shape index (κ2) is 5.47. The Kier molecular flexibility index (Phi) is 4.45. The summed E-state index contributed by atoms with van der Waals surface area (Å²) in [6.45, 7) is 6.32. The van der Waals surface area contributed by atoms with Crippen LogP contribution in [0.3, 0.4) is 0 Å². The maximum absolute atomic E-state index is 12.4. The molecule has 1 heterocycles. The van der Waals surface area contributed by atoms with Crippen molar-refractivity contribution in [2.24, 2.45) is 5.41 Å². The molecule has 1 aromatic heterocycles. The van der Waals surface area contributed by atoms with E-state index in [1.807, 2.05) is 6.92 Å². The average Bonchev–Trinajstić information content (AvgIpc) is 2.58. The number of hydrogen-bond acceptors (Lipinski definition) is 3. The molecule has 19 heavy (non-hydrogen) atoms. The Balaban J connectivity index is 2.13. The van der Waals surface area contributed by atoms with Crippen molar-refractivity contribution in [3.63, 3.8) is 0 Å². The first kappa shape index (κ1) is 15.5. The molecule has 1 aromatic rings. The van der Waals surface area contributed by atoms with Crippen LogP contribution in [-0.4, -0.2) is 14.5 Å². The Morgan fingerprint density at radius 1 is 1.47 bits per heavy atom. The van der Waals surface area contributed by atoms with E-state index in [0.29, 0.717) is 4.21 Å². The quantitative estimate of drug-likeness (QED) is 0.877. The van der Waals surface area contributed by atoms with Crippen LogP contribution in [0.15, 0.2) is 14.1 Å². The molecule has 3 nitrogen and oxygen atoms in total. The lowest BCUT2D eigenvalue weighted by atomic mass is 9.75. The first-order valence-corrected chi connectivity index (χ1v) is 9.57. The fourth-order valence-electron chi connectivity index (χ4n) is 2.64. The molecule has 6 heteroatoms. The standard InChI is InChI=1S/C13H20BrNO2S2/c1-9-7-11(18-12(9)14)19(16,17)15-10-5-4-6-13(2,3)8-10/h7,10,15H,4-6,8H2,1-3H3. The molecule has 1 fully saturated rings. The Hall–Kier alpha value is 0.0900. The summed E-state index contributed by atoms with van der Waals surface area (Å²) in [6, 6.07) is 1.79. The van der Waals surface area contributed by atoms with Crippen molar-refractivity contribution in [1.82, 2.24) is 4.72 Å². The van der Waals surface area contributed by atoms with Gasteiger partial charge in [-0.05, 0) is 59.2 Å². The molecule has 0 bridgehead atoms. The minimum Gasteiger partial charge on any atom is -0.207 e. The van der Waals surface area contributed by atoms with Crippen LogP contribution in [0.2, 0.25) is 0 Å². The fraction of sp³-hybridized carbons (Fsp3) is 0.692. The summed E-state index contributed by atoms with van der Waals surface area (Å²) in [5.41, 5.74) is 1.20. The third-order valence-electron chi connectivity index (χ3n) is 3.63. The van der Waals surface area contributed by atoms with Crippen LogP contribution in [0, 0.1) is 12.3 Å². The average molecular weight is 366 g/mol. The molecular formula is C13H20BrNO2S2. The number of halogens is 1. The Labute approximate surface area is 128 Å². The van der Waals surface area contributed by atoms with Crippen LogP contribution in [0.25, 0.3) is 0 Å². The van der Waals surface area contributed by atoms with Crippen LogP contribution in [0.5, 0.6) is 0 Å². The van der Waals surface area contributed by atoms with Crippen molar-refractivity contribution in [2.45, 2.75) is 56.7 Å². The highest BCUT2D eigenvalue weighted by Crippen LogP contribution is 2.36. The Morgan fingerprint density at radius 3 is 2.68 bits per heavy atom. The minimum atomic E-state index is -3.37. The second-order valence-corrected chi connectivity index (χ2v) is 10.4. The molecular weight excluding hydrogens is 346 g/mol. The molecule has 1 unspecified atom stereocenters. The molecule has 0 radical (unpaired) electrons. The molecule has 1 N–H and O–H groups in total. The SMILES string of the molecule is Cc1cc(S(=O)(=O)NC2CCCC(C)(C)C2)sc1Br. The highest BCUT2D eigenvalue weighted by atomic mass is 79.9. The van der Waals surface area contributed by atoms with E-state index in [1.54, 1.807) is 6.07 Å². The molecule has 0 amide bonds. The van der Waals surface area contributed by atoms with Gasteiger partial charge in [0.1, 0.15) is 4.21 Å². The van der Waals surface area contributed by atoms with E-state index in [0.717, 1.165) is 28.6 Å². The maximum Gasteiger partial charge on any atom is 0.250 e. The first-order chi connectivity index (χ1) is 8.70. The van der Waals surface area contributed by atoms with Gasteiger partial charge in [0.25, 0.3) is 0 Å². The van der Waals surface area contributed by atoms with E-state index in [2.05, 4.69) is 34.5 Å². The zero-order chi connectivity index (χ0) is 14.3. The maximum atomic E-state index is 12.4. The number of rotatable bonds is 3. The highest BCUT2D eigenvalue weighted by Gasteiger charge is 2.31. The van der Waals surface area contributed by atoms with E-state index < -0.39 is 10.0 Å². The summed E-state index contributed by atoms with van der Waals surface area (Å²) in [6.07, 6.45) is 4.12. The van der Waals surface area contributed by atoms with Gasteiger partial charge in [-0.3, -0.25) is 0 Å². The van der Waals surface area contributed by atoms with Gasteiger partial charge >= 0.3 is 0 Å². The normalized spacial score (nSPS) is 23.5. The molecule has 2 rings (SSSR count). The third-order valence-corrected chi connectivity index (χ3v) is 7.76. The van der Waals surface area contributed by atoms with E-state index in [-0.39, 0.29) is 11.5 Å². The van der Waals surface area contributed by atoms with Gasteiger partial charge in [0.15, 0.2) is 0 Å². The van der Waals surface area contributed by atoms with E-state index in [1.165, 1.54) is 17.8 Å². The number of thiophene rings is 1. The van der Waals surface area contributed by atoms with Gasteiger partial charge in [0.2, 0.25) is 10.0 Å². The van der Waals surface area contributed by atoms with Crippen molar-refractivity contribution in [3.8, 4) is 0 Å². The Bertz CT molecular complexity index is 544. The largest absolute Gasteiger partial charge is 0.250 e. The van der Waals surface area contributed by atoms with Crippen molar-refractivity contribution in [3.05, 3.63) is 15.4 Å². The summed E-state index contributed by atoms with van der Waals surface area (Å²) < 4.78 is 28.9. The van der Waals surface area contributed by atoms with Gasteiger partial charge in [-0.25, -0.2) is 13.1 Å². The van der Waals surface area contributed by atoms with Crippen LogP contribution in [-0.2, 0) is 10.0 Å². The van der Waals surface area contributed by atoms with Gasteiger partial charge < -0.3 is 0 Å². The van der Waals surface area contributed by atoms with Crippen molar-refractivity contribution < 1.29 is 8.42 Å². The number of sulfonamides is 1. The second-order valence-electron chi connectivity index (χ2n) is 6.10. The lowest BCUT2D eigenvalue weighted by Crippen LogP contribution is -2.40. The van der Waals surface area contributed by atoms with E-state index in [9.17, 15) is 8.42 Å². The summed E-state index contributed by atoms with van der Waals surface area (Å²) in [4.78, 5) is 0.